The summed E-state index contributed by atoms with van der Waals surface area (Å²) in [6.07, 6.45) is -0.533. The first kappa shape index (κ1) is 18.7. The van der Waals surface area contributed by atoms with Gasteiger partial charge < -0.3 is 15.2 Å². The van der Waals surface area contributed by atoms with Gasteiger partial charge in [0.2, 0.25) is 0 Å². The highest BCUT2D eigenvalue weighted by Gasteiger charge is 2.13. The molecule has 0 amide bonds. The lowest BCUT2D eigenvalue weighted by Crippen LogP contribution is -2.46. The molecule has 1 saturated heterocycles. The first-order valence-corrected chi connectivity index (χ1v) is 6.62. The fraction of sp³-hybridized carbons (Fsp3) is 0.917. The number of rotatable bonds is 5. The first-order valence-electron chi connectivity index (χ1n) is 6.62. The monoisotopic (exact) mass is 287 g/mol. The molecular formula is C12H25N5O3. The normalized spacial score (nSPS) is 17.2. The minimum absolute atomic E-state index is 0.167. The Morgan fingerprint density at radius 3 is 2.50 bits per heavy atom. The van der Waals surface area contributed by atoms with Crippen molar-refractivity contribution in [3.05, 3.63) is 10.4 Å². The predicted octanol–water partition coefficient (Wildman–Crippen LogP) is 0.521. The molecule has 1 heterocycles. The molecule has 1 atom stereocenters. The van der Waals surface area contributed by atoms with E-state index in [-0.39, 0.29) is 12.1 Å². The highest BCUT2D eigenvalue weighted by molar-refractivity contribution is 5.37. The van der Waals surface area contributed by atoms with Gasteiger partial charge in [-0.3, -0.25) is 9.69 Å². The molecule has 1 aliphatic heterocycles. The number of nitrogens with zero attached hydrogens (tertiary/aromatic N) is 4. The molecule has 2 N–H and O–H groups in total. The van der Waals surface area contributed by atoms with Crippen LogP contribution in [0.1, 0.15) is 20.8 Å². The zero-order valence-electron chi connectivity index (χ0n) is 12.4. The molecule has 0 aliphatic carbocycles. The molecule has 1 rings (SSSR count). The van der Waals surface area contributed by atoms with Crippen molar-refractivity contribution in [2.24, 2.45) is 5.11 Å². The van der Waals surface area contributed by atoms with Gasteiger partial charge in [-0.15, -0.1) is 0 Å². The van der Waals surface area contributed by atoms with E-state index in [1.54, 1.807) is 0 Å². The van der Waals surface area contributed by atoms with E-state index in [1.165, 1.54) is 0 Å². The molecule has 1 aliphatic rings. The van der Waals surface area contributed by atoms with Gasteiger partial charge in [0.25, 0.3) is 6.47 Å². The fourth-order valence-electron chi connectivity index (χ4n) is 1.52. The number of azide groups is 1. The Hall–Kier alpha value is -1.34. The number of β-amino-alcohol motifs (C(OH)–C–C–N with tert-alkyl or cyclic N) is 1. The lowest BCUT2D eigenvalue weighted by Gasteiger charge is -2.28. The van der Waals surface area contributed by atoms with E-state index < -0.39 is 6.10 Å². The molecule has 0 bridgehead atoms. The van der Waals surface area contributed by atoms with Crippen molar-refractivity contribution in [2.45, 2.75) is 32.5 Å². The maximum Gasteiger partial charge on any atom is 0.293 e. The summed E-state index contributed by atoms with van der Waals surface area (Å²) >= 11 is 0. The summed E-state index contributed by atoms with van der Waals surface area (Å²) in [6, 6.07) is 0. The molecule has 0 aromatic carbocycles. The van der Waals surface area contributed by atoms with Crippen LogP contribution in [-0.2, 0) is 9.53 Å². The van der Waals surface area contributed by atoms with Crippen LogP contribution < -0.4 is 5.32 Å². The van der Waals surface area contributed by atoms with Crippen molar-refractivity contribution in [3.63, 3.8) is 0 Å². The van der Waals surface area contributed by atoms with Crippen LogP contribution in [0.15, 0.2) is 5.11 Å². The molecular weight excluding hydrogens is 262 g/mol. The summed E-state index contributed by atoms with van der Waals surface area (Å²) in [4.78, 5) is 14.4. The average molecular weight is 287 g/mol. The van der Waals surface area contributed by atoms with E-state index in [2.05, 4.69) is 25.0 Å². The minimum atomic E-state index is -0.533. The molecule has 0 radical (unpaired) electrons. The number of hydrogen-bond acceptors (Lipinski definition) is 6. The molecule has 0 aromatic heterocycles. The maximum absolute atomic E-state index is 9.60. The molecule has 116 valence electrons. The van der Waals surface area contributed by atoms with Crippen molar-refractivity contribution < 1.29 is 14.6 Å². The Kier molecular flexibility index (Phi) is 9.75. The molecule has 1 unspecified atom stereocenters. The number of aliphatic hydroxyl groups excluding tert-OH is 1. The third-order valence-corrected chi connectivity index (χ3v) is 2.44. The Morgan fingerprint density at radius 2 is 2.10 bits per heavy atom. The Balaban J connectivity index is 0.000000441. The van der Waals surface area contributed by atoms with E-state index in [9.17, 15) is 9.90 Å². The van der Waals surface area contributed by atoms with Crippen LogP contribution in [0.2, 0.25) is 0 Å². The third kappa shape index (κ3) is 11.7. The number of carbonyl (C=O) groups excluding carboxylic acids is 1. The second-order valence-electron chi connectivity index (χ2n) is 5.44. The first-order chi connectivity index (χ1) is 9.39. The zero-order valence-corrected chi connectivity index (χ0v) is 12.4. The summed E-state index contributed by atoms with van der Waals surface area (Å²) in [5, 5.41) is 16.0. The van der Waals surface area contributed by atoms with Crippen LogP contribution in [0.25, 0.3) is 10.4 Å². The lowest BCUT2D eigenvalue weighted by molar-refractivity contribution is -0.138. The Morgan fingerprint density at radius 1 is 1.50 bits per heavy atom. The van der Waals surface area contributed by atoms with Gasteiger partial charge in [0.05, 0.1) is 12.6 Å². The molecule has 20 heavy (non-hydrogen) atoms. The lowest BCUT2D eigenvalue weighted by atomic mass is 10.2. The number of hydrogen-bond donors (Lipinski definition) is 2. The van der Waals surface area contributed by atoms with E-state index in [1.807, 2.05) is 20.8 Å². The molecule has 0 spiro atoms. The van der Waals surface area contributed by atoms with Gasteiger partial charge in [-0.2, -0.15) is 0 Å². The molecule has 0 saturated carbocycles. The quantitative estimate of drug-likeness (QED) is 0.331. The van der Waals surface area contributed by atoms with E-state index in [0.29, 0.717) is 13.0 Å². The van der Waals surface area contributed by atoms with Gasteiger partial charge in [0.1, 0.15) is 5.60 Å². The Labute approximate surface area is 119 Å². The summed E-state index contributed by atoms with van der Waals surface area (Å²) in [7, 11) is 0. The molecule has 0 aromatic rings. The van der Waals surface area contributed by atoms with Crippen LogP contribution >= 0.6 is 0 Å². The number of aliphatic hydroxyl groups is 1. The summed E-state index contributed by atoms with van der Waals surface area (Å²) in [5.41, 5.74) is 7.73. The smallest absolute Gasteiger partial charge is 0.293 e. The fourth-order valence-corrected chi connectivity index (χ4v) is 1.52. The average Bonchev–Trinajstić information content (AvgIpc) is 2.37. The van der Waals surface area contributed by atoms with Crippen LogP contribution in [0.5, 0.6) is 0 Å². The van der Waals surface area contributed by atoms with E-state index in [4.69, 9.17) is 5.53 Å². The molecule has 8 nitrogen and oxygen atoms in total. The summed E-state index contributed by atoms with van der Waals surface area (Å²) < 4.78 is 4.55. The molecule has 8 heteroatoms. The minimum Gasteiger partial charge on any atom is -0.462 e. The third-order valence-electron chi connectivity index (χ3n) is 2.44. The zero-order chi connectivity index (χ0) is 15.4. The predicted molar refractivity (Wildman–Crippen MR) is 76.2 cm³/mol. The second-order valence-corrected chi connectivity index (χ2v) is 5.44. The highest BCUT2D eigenvalue weighted by Crippen LogP contribution is 2.02. The largest absolute Gasteiger partial charge is 0.462 e. The van der Waals surface area contributed by atoms with Crippen LogP contribution in [0, 0.1) is 0 Å². The number of piperazine rings is 1. The summed E-state index contributed by atoms with van der Waals surface area (Å²) in [6.45, 7) is 10.5. The van der Waals surface area contributed by atoms with Gasteiger partial charge in [0, 0.05) is 37.6 Å². The van der Waals surface area contributed by atoms with Gasteiger partial charge in [0.15, 0.2) is 0 Å². The number of ether oxygens (including phenoxy) is 1. The Bertz CT molecular complexity index is 307. The van der Waals surface area contributed by atoms with Crippen molar-refractivity contribution in [1.82, 2.24) is 10.2 Å². The van der Waals surface area contributed by atoms with Crippen LogP contribution in [-0.4, -0.2) is 67.5 Å². The van der Waals surface area contributed by atoms with Gasteiger partial charge in [-0.05, 0) is 26.3 Å². The van der Waals surface area contributed by atoms with Crippen molar-refractivity contribution in [2.75, 3.05) is 39.3 Å². The maximum atomic E-state index is 9.60. The van der Waals surface area contributed by atoms with E-state index in [0.717, 1.165) is 26.2 Å². The van der Waals surface area contributed by atoms with Crippen LogP contribution in [0.4, 0.5) is 0 Å². The topological polar surface area (TPSA) is 111 Å². The van der Waals surface area contributed by atoms with Gasteiger partial charge in [-0.25, -0.2) is 0 Å². The molecule has 1 fully saturated rings. The van der Waals surface area contributed by atoms with Crippen molar-refractivity contribution in [3.8, 4) is 0 Å². The number of nitrogens with one attached hydrogen (secondary N) is 1. The standard InChI is InChI=1S/C7H15N5O.C5H10O2/c8-11-10-5-7(13)6-12-3-1-9-2-4-12;1-5(2,3)7-4-6/h7,9,13H,1-6H2;4H,1-3H3. The van der Waals surface area contributed by atoms with Gasteiger partial charge >= 0.3 is 0 Å². The van der Waals surface area contributed by atoms with Crippen LogP contribution in [0.3, 0.4) is 0 Å². The van der Waals surface area contributed by atoms with Gasteiger partial charge in [-0.1, -0.05) is 5.11 Å². The van der Waals surface area contributed by atoms with Crippen molar-refractivity contribution in [1.29, 1.82) is 0 Å². The SMILES string of the molecule is CC(C)(C)OC=O.[N-]=[N+]=NCC(O)CN1CCNCC1. The highest BCUT2D eigenvalue weighted by atomic mass is 16.5. The van der Waals surface area contributed by atoms with Crippen molar-refractivity contribution >= 4 is 6.47 Å². The number of carbonyl (C=O) groups is 1. The second kappa shape index (κ2) is 10.4. The van der Waals surface area contributed by atoms with E-state index >= 15 is 0 Å². The summed E-state index contributed by atoms with van der Waals surface area (Å²) in [5.74, 6) is 0.